The molecule has 0 heterocycles. The molecule has 3 aromatic carbocycles. The number of amides is 1. The average Bonchev–Trinajstić information content (AvgIpc) is 2.68. The quantitative estimate of drug-likeness (QED) is 0.633. The van der Waals surface area contributed by atoms with Crippen molar-refractivity contribution >= 4 is 28.1 Å². The van der Waals surface area contributed by atoms with E-state index in [1.165, 1.54) is 13.1 Å². The van der Waals surface area contributed by atoms with E-state index in [0.717, 1.165) is 10.8 Å². The predicted molar refractivity (Wildman–Crippen MR) is 101 cm³/mol. The summed E-state index contributed by atoms with van der Waals surface area (Å²) in [5.41, 5.74) is 1.09. The zero-order valence-electron chi connectivity index (χ0n) is 14.5. The minimum absolute atomic E-state index is 0.169. The van der Waals surface area contributed by atoms with Gasteiger partial charge in [-0.15, -0.1) is 5.11 Å². The van der Waals surface area contributed by atoms with E-state index in [4.69, 9.17) is 0 Å². The van der Waals surface area contributed by atoms with Crippen LogP contribution in [0.1, 0.15) is 24.2 Å². The van der Waals surface area contributed by atoms with Crippen LogP contribution in [0.5, 0.6) is 5.75 Å². The summed E-state index contributed by atoms with van der Waals surface area (Å²) in [6.45, 7) is 4.00. The number of phenolic OH excluding ortho intramolecular Hbond substituents is 1. The molecule has 5 nitrogen and oxygen atoms in total. The van der Waals surface area contributed by atoms with E-state index in [1.54, 1.807) is 12.1 Å². The maximum Gasteiger partial charge on any atom is 0.254 e. The highest BCUT2D eigenvalue weighted by atomic mass is 16.3. The maximum atomic E-state index is 11.7. The molecule has 0 unspecified atom stereocenters. The van der Waals surface area contributed by atoms with Gasteiger partial charge in [0.2, 0.25) is 0 Å². The molecule has 0 aliphatic carbocycles. The van der Waals surface area contributed by atoms with Gasteiger partial charge in [0.05, 0.1) is 11.3 Å². The fourth-order valence-electron chi connectivity index (χ4n) is 2.28. The van der Waals surface area contributed by atoms with Gasteiger partial charge in [-0.05, 0) is 35.0 Å². The van der Waals surface area contributed by atoms with Gasteiger partial charge in [-0.25, -0.2) is 0 Å². The molecule has 0 atom stereocenters. The molecule has 0 aliphatic heterocycles. The molecular weight excluding hydrogens is 314 g/mol. The van der Waals surface area contributed by atoms with Crippen molar-refractivity contribution in [2.24, 2.45) is 10.2 Å². The number of para-hydroxylation sites is 1. The van der Waals surface area contributed by atoms with Crippen LogP contribution in [0, 0.1) is 0 Å². The van der Waals surface area contributed by atoms with Gasteiger partial charge >= 0.3 is 0 Å². The van der Waals surface area contributed by atoms with Gasteiger partial charge in [-0.2, -0.15) is 5.11 Å². The van der Waals surface area contributed by atoms with Crippen LogP contribution in [0.2, 0.25) is 0 Å². The Kier molecular flexibility index (Phi) is 6.23. The molecule has 3 aromatic rings. The van der Waals surface area contributed by atoms with Crippen molar-refractivity contribution in [2.75, 3.05) is 7.05 Å². The molecule has 0 fully saturated rings. The molecule has 0 aliphatic rings. The third-order valence-electron chi connectivity index (χ3n) is 3.49. The van der Waals surface area contributed by atoms with Gasteiger partial charge in [0.15, 0.2) is 5.75 Å². The van der Waals surface area contributed by atoms with E-state index in [-0.39, 0.29) is 22.9 Å². The highest BCUT2D eigenvalue weighted by Crippen LogP contribution is 2.32. The molecule has 1 amide bonds. The van der Waals surface area contributed by atoms with Crippen molar-refractivity contribution < 1.29 is 9.90 Å². The minimum atomic E-state index is -0.370. The summed E-state index contributed by atoms with van der Waals surface area (Å²) in [4.78, 5) is 11.7. The molecule has 0 spiro atoms. The Morgan fingerprint density at radius 3 is 2.36 bits per heavy atom. The molecular formula is C20H21N3O2. The van der Waals surface area contributed by atoms with E-state index in [0.29, 0.717) is 5.69 Å². The smallest absolute Gasteiger partial charge is 0.254 e. The summed E-state index contributed by atoms with van der Waals surface area (Å²) >= 11 is 0. The first kappa shape index (κ1) is 18.1. The molecule has 0 radical (unpaired) electrons. The van der Waals surface area contributed by atoms with Crippen molar-refractivity contribution in [3.05, 3.63) is 66.2 Å². The highest BCUT2D eigenvalue weighted by Gasteiger charge is 2.12. The lowest BCUT2D eigenvalue weighted by molar-refractivity contribution is 0.0960. The number of hydrogen-bond donors (Lipinski definition) is 2. The summed E-state index contributed by atoms with van der Waals surface area (Å²) in [5, 5.41) is 23.0. The Bertz CT molecular complexity index is 904. The number of phenols is 1. The van der Waals surface area contributed by atoms with Crippen molar-refractivity contribution in [3.8, 4) is 5.75 Å². The zero-order chi connectivity index (χ0) is 18.2. The Balaban J connectivity index is 0.00000109. The van der Waals surface area contributed by atoms with E-state index < -0.39 is 0 Å². The SMILES string of the molecule is CC.CNC(=O)c1cccc(N=Nc2ccc3ccccc3c2)c1O. The van der Waals surface area contributed by atoms with Gasteiger partial charge in [-0.3, -0.25) is 4.79 Å². The van der Waals surface area contributed by atoms with Crippen LogP contribution in [0.15, 0.2) is 70.9 Å². The summed E-state index contributed by atoms with van der Waals surface area (Å²) in [7, 11) is 1.51. The lowest BCUT2D eigenvalue weighted by Crippen LogP contribution is -2.17. The second-order valence-corrected chi connectivity index (χ2v) is 4.98. The molecule has 0 aromatic heterocycles. The Labute approximate surface area is 147 Å². The van der Waals surface area contributed by atoms with Gasteiger partial charge in [-0.1, -0.05) is 50.2 Å². The van der Waals surface area contributed by atoms with Crippen LogP contribution in [-0.4, -0.2) is 18.1 Å². The first-order chi connectivity index (χ1) is 12.2. The molecule has 0 bridgehead atoms. The first-order valence-corrected chi connectivity index (χ1v) is 8.13. The molecule has 0 saturated heterocycles. The lowest BCUT2D eigenvalue weighted by atomic mass is 10.1. The Hall–Kier alpha value is -3.21. The fraction of sp³-hybridized carbons (Fsp3) is 0.150. The molecule has 0 saturated carbocycles. The molecule has 128 valence electrons. The summed E-state index contributed by atoms with van der Waals surface area (Å²) < 4.78 is 0. The van der Waals surface area contributed by atoms with Crippen molar-refractivity contribution in [2.45, 2.75) is 13.8 Å². The Morgan fingerprint density at radius 2 is 1.64 bits per heavy atom. The standard InChI is InChI=1S/C18H15N3O2.C2H6/c1-19-18(23)15-7-4-8-16(17(15)22)21-20-14-10-9-12-5-2-3-6-13(12)11-14;1-2/h2-11,22H,1H3,(H,19,23);1-2H3. The van der Waals surface area contributed by atoms with Crippen LogP contribution >= 0.6 is 0 Å². The number of fused-ring (bicyclic) bond motifs is 1. The third-order valence-corrected chi connectivity index (χ3v) is 3.49. The molecule has 5 heteroatoms. The van der Waals surface area contributed by atoms with Gasteiger partial charge in [0, 0.05) is 7.05 Å². The largest absolute Gasteiger partial charge is 0.505 e. The van der Waals surface area contributed by atoms with Crippen molar-refractivity contribution in [1.82, 2.24) is 5.32 Å². The van der Waals surface area contributed by atoms with Gasteiger partial charge in [0.25, 0.3) is 5.91 Å². The lowest BCUT2D eigenvalue weighted by Gasteiger charge is -2.04. The number of aromatic hydroxyl groups is 1. The molecule has 25 heavy (non-hydrogen) atoms. The van der Waals surface area contributed by atoms with Crippen LogP contribution in [0.25, 0.3) is 10.8 Å². The number of hydrogen-bond acceptors (Lipinski definition) is 4. The topological polar surface area (TPSA) is 74.0 Å². The highest BCUT2D eigenvalue weighted by molar-refractivity contribution is 5.98. The van der Waals surface area contributed by atoms with Crippen molar-refractivity contribution in [3.63, 3.8) is 0 Å². The van der Waals surface area contributed by atoms with Crippen LogP contribution < -0.4 is 5.32 Å². The van der Waals surface area contributed by atoms with Gasteiger partial charge in [0.1, 0.15) is 5.69 Å². The second-order valence-electron chi connectivity index (χ2n) is 4.98. The number of carbonyl (C=O) groups is 1. The van der Waals surface area contributed by atoms with Crippen LogP contribution in [0.4, 0.5) is 11.4 Å². The summed E-state index contributed by atoms with van der Waals surface area (Å²) in [6.07, 6.45) is 0. The van der Waals surface area contributed by atoms with E-state index in [2.05, 4.69) is 15.5 Å². The monoisotopic (exact) mass is 335 g/mol. The van der Waals surface area contributed by atoms with Crippen LogP contribution in [-0.2, 0) is 0 Å². The maximum absolute atomic E-state index is 11.7. The fourth-order valence-corrected chi connectivity index (χ4v) is 2.28. The number of rotatable bonds is 3. The number of azo groups is 1. The van der Waals surface area contributed by atoms with Gasteiger partial charge < -0.3 is 10.4 Å². The Morgan fingerprint density at radius 1 is 0.920 bits per heavy atom. The number of carbonyl (C=O) groups excluding carboxylic acids is 1. The molecule has 2 N–H and O–H groups in total. The first-order valence-electron chi connectivity index (χ1n) is 8.13. The van der Waals surface area contributed by atoms with Crippen molar-refractivity contribution in [1.29, 1.82) is 0 Å². The summed E-state index contributed by atoms with van der Waals surface area (Å²) in [6, 6.07) is 18.5. The number of nitrogens with zero attached hydrogens (tertiary/aromatic N) is 2. The third kappa shape index (κ3) is 4.20. The second kappa shape index (κ2) is 8.59. The predicted octanol–water partition coefficient (Wildman–Crippen LogP) is 5.35. The number of benzene rings is 3. The van der Waals surface area contributed by atoms with E-state index in [1.807, 2.05) is 56.3 Å². The van der Waals surface area contributed by atoms with E-state index in [9.17, 15) is 9.90 Å². The normalized spacial score (nSPS) is 10.4. The zero-order valence-corrected chi connectivity index (χ0v) is 14.5. The average molecular weight is 335 g/mol. The molecule has 3 rings (SSSR count). The number of nitrogens with one attached hydrogen (secondary N) is 1. The van der Waals surface area contributed by atoms with E-state index >= 15 is 0 Å². The summed E-state index contributed by atoms with van der Waals surface area (Å²) in [5.74, 6) is -0.554. The minimum Gasteiger partial charge on any atom is -0.505 e. The van der Waals surface area contributed by atoms with Crippen LogP contribution in [0.3, 0.4) is 0 Å².